The van der Waals surface area contributed by atoms with Gasteiger partial charge in [0.05, 0.1) is 31.7 Å². The Kier molecular flexibility index (Phi) is 5.41. The average molecular weight is 411 g/mol. The van der Waals surface area contributed by atoms with Gasteiger partial charge in [-0.3, -0.25) is 5.01 Å². The molecule has 1 aliphatic heterocycles. The van der Waals surface area contributed by atoms with E-state index in [-0.39, 0.29) is 11.9 Å². The molecule has 1 heterocycles. The average Bonchev–Trinajstić information content (AvgIpc) is 3.19. The van der Waals surface area contributed by atoms with Gasteiger partial charge in [-0.05, 0) is 54.1 Å². The first-order valence-corrected chi connectivity index (χ1v) is 9.57. The molecule has 0 spiro atoms. The maximum absolute atomic E-state index is 13.4. The number of rotatable bonds is 5. The molecule has 4 rings (SSSR count). The molecular formula is C23H20ClFN2O2. The molecule has 3 aromatic rings. The predicted molar refractivity (Wildman–Crippen MR) is 114 cm³/mol. The van der Waals surface area contributed by atoms with Crippen molar-refractivity contribution in [3.8, 4) is 11.5 Å². The van der Waals surface area contributed by atoms with Gasteiger partial charge in [0.25, 0.3) is 0 Å². The van der Waals surface area contributed by atoms with E-state index in [4.69, 9.17) is 26.2 Å². The first-order chi connectivity index (χ1) is 14.1. The van der Waals surface area contributed by atoms with E-state index >= 15 is 0 Å². The minimum absolute atomic E-state index is 0.0860. The number of benzene rings is 3. The number of hydrogen-bond acceptors (Lipinski definition) is 4. The molecule has 0 fully saturated rings. The summed E-state index contributed by atoms with van der Waals surface area (Å²) in [6, 6.07) is 19.6. The van der Waals surface area contributed by atoms with E-state index in [1.165, 1.54) is 12.1 Å². The van der Waals surface area contributed by atoms with Crippen molar-refractivity contribution in [2.45, 2.75) is 12.5 Å². The fraction of sp³-hybridized carbons (Fsp3) is 0.174. The summed E-state index contributed by atoms with van der Waals surface area (Å²) in [5, 5.41) is 7.48. The number of methoxy groups -OCH3 is 2. The minimum Gasteiger partial charge on any atom is -0.497 e. The van der Waals surface area contributed by atoms with E-state index in [9.17, 15) is 4.39 Å². The Labute approximate surface area is 174 Å². The number of hydrazone groups is 1. The molecule has 1 atom stereocenters. The second-order valence-electron chi connectivity index (χ2n) is 6.70. The van der Waals surface area contributed by atoms with E-state index in [0.29, 0.717) is 11.4 Å². The van der Waals surface area contributed by atoms with Gasteiger partial charge in [-0.2, -0.15) is 5.10 Å². The number of ether oxygens (including phenoxy) is 2. The molecule has 0 saturated carbocycles. The Morgan fingerprint density at radius 1 is 0.966 bits per heavy atom. The van der Waals surface area contributed by atoms with Crippen molar-refractivity contribution in [1.29, 1.82) is 0 Å². The quantitative estimate of drug-likeness (QED) is 0.529. The summed E-state index contributed by atoms with van der Waals surface area (Å²) in [7, 11) is 3.27. The maximum Gasteiger partial charge on any atom is 0.127 e. The highest BCUT2D eigenvalue weighted by atomic mass is 35.5. The van der Waals surface area contributed by atoms with Gasteiger partial charge in [0.1, 0.15) is 17.3 Å². The summed E-state index contributed by atoms with van der Waals surface area (Å²) in [5.74, 6) is 1.18. The van der Waals surface area contributed by atoms with Gasteiger partial charge in [-0.25, -0.2) is 4.39 Å². The lowest BCUT2D eigenvalue weighted by Gasteiger charge is -2.25. The summed E-state index contributed by atoms with van der Waals surface area (Å²) < 4.78 is 24.3. The molecule has 148 valence electrons. The molecule has 0 aliphatic carbocycles. The van der Waals surface area contributed by atoms with Crippen LogP contribution in [-0.2, 0) is 0 Å². The van der Waals surface area contributed by atoms with E-state index in [1.807, 2.05) is 47.5 Å². The molecule has 0 bridgehead atoms. The number of anilines is 1. The van der Waals surface area contributed by atoms with Crippen LogP contribution < -0.4 is 14.5 Å². The SMILES string of the molecule is COc1ccc([C@@H]2CC(c3ccc(F)cc3)=NN2c2ccc(Cl)cc2)c(OC)c1. The van der Waals surface area contributed by atoms with Crippen LogP contribution in [0, 0.1) is 5.82 Å². The maximum atomic E-state index is 13.4. The van der Waals surface area contributed by atoms with Crippen molar-refractivity contribution in [2.24, 2.45) is 5.10 Å². The second-order valence-corrected chi connectivity index (χ2v) is 7.14. The van der Waals surface area contributed by atoms with Gasteiger partial charge in [0.15, 0.2) is 0 Å². The van der Waals surface area contributed by atoms with Gasteiger partial charge < -0.3 is 9.47 Å². The fourth-order valence-corrected chi connectivity index (χ4v) is 3.62. The van der Waals surface area contributed by atoms with Crippen LogP contribution in [0.1, 0.15) is 23.6 Å². The molecule has 29 heavy (non-hydrogen) atoms. The third-order valence-corrected chi connectivity index (χ3v) is 5.23. The van der Waals surface area contributed by atoms with E-state index in [1.54, 1.807) is 26.4 Å². The lowest BCUT2D eigenvalue weighted by molar-refractivity contribution is 0.388. The number of halogens is 2. The third-order valence-electron chi connectivity index (χ3n) is 4.98. The predicted octanol–water partition coefficient (Wildman–Crippen LogP) is 5.85. The zero-order valence-electron chi connectivity index (χ0n) is 16.1. The van der Waals surface area contributed by atoms with Crippen LogP contribution in [0.3, 0.4) is 0 Å². The van der Waals surface area contributed by atoms with Crippen LogP contribution in [0.15, 0.2) is 71.8 Å². The first-order valence-electron chi connectivity index (χ1n) is 9.19. The molecule has 0 saturated heterocycles. The van der Waals surface area contributed by atoms with Crippen LogP contribution in [0.5, 0.6) is 11.5 Å². The van der Waals surface area contributed by atoms with Gasteiger partial charge in [0.2, 0.25) is 0 Å². The lowest BCUT2D eigenvalue weighted by atomic mass is 9.97. The molecule has 6 heteroatoms. The molecule has 0 aromatic heterocycles. The van der Waals surface area contributed by atoms with Gasteiger partial charge in [-0.15, -0.1) is 0 Å². The monoisotopic (exact) mass is 410 g/mol. The summed E-state index contributed by atoms with van der Waals surface area (Å²) >= 11 is 6.07. The van der Waals surface area contributed by atoms with Crippen molar-refractivity contribution >= 4 is 23.0 Å². The smallest absolute Gasteiger partial charge is 0.127 e. The lowest BCUT2D eigenvalue weighted by Crippen LogP contribution is -2.19. The largest absolute Gasteiger partial charge is 0.497 e. The van der Waals surface area contributed by atoms with Crippen molar-refractivity contribution in [1.82, 2.24) is 0 Å². The molecule has 0 amide bonds. The van der Waals surface area contributed by atoms with Crippen LogP contribution in [0.4, 0.5) is 10.1 Å². The van der Waals surface area contributed by atoms with Crippen LogP contribution in [0.25, 0.3) is 0 Å². The molecule has 1 aliphatic rings. The standard InChI is InChI=1S/C23H20ClFN2O2/c1-28-19-11-12-20(23(13-19)29-2)22-14-21(15-3-7-17(25)8-4-15)26-27(22)18-9-5-16(24)6-10-18/h3-13,22H,14H2,1-2H3/t22-/m0/s1. The number of nitrogens with zero attached hydrogens (tertiary/aromatic N) is 2. The zero-order valence-corrected chi connectivity index (χ0v) is 16.9. The van der Waals surface area contributed by atoms with Crippen molar-refractivity contribution in [3.63, 3.8) is 0 Å². The second kappa shape index (κ2) is 8.13. The van der Waals surface area contributed by atoms with E-state index in [0.717, 1.165) is 34.0 Å². The summed E-state index contributed by atoms with van der Waals surface area (Å²) in [4.78, 5) is 0. The molecule has 0 radical (unpaired) electrons. The highest BCUT2D eigenvalue weighted by Crippen LogP contribution is 2.41. The van der Waals surface area contributed by atoms with Crippen LogP contribution in [-0.4, -0.2) is 19.9 Å². The van der Waals surface area contributed by atoms with Crippen molar-refractivity contribution in [3.05, 3.63) is 88.7 Å². The van der Waals surface area contributed by atoms with Gasteiger partial charge in [0, 0.05) is 23.1 Å². The molecule has 3 aromatic carbocycles. The molecule has 0 N–H and O–H groups in total. The van der Waals surface area contributed by atoms with E-state index in [2.05, 4.69) is 0 Å². The molecule has 0 unspecified atom stereocenters. The fourth-order valence-electron chi connectivity index (χ4n) is 3.49. The number of hydrogen-bond donors (Lipinski definition) is 0. The van der Waals surface area contributed by atoms with Gasteiger partial charge in [-0.1, -0.05) is 23.7 Å². The zero-order chi connectivity index (χ0) is 20.4. The van der Waals surface area contributed by atoms with Crippen molar-refractivity contribution < 1.29 is 13.9 Å². The third kappa shape index (κ3) is 3.91. The summed E-state index contributed by atoms with van der Waals surface area (Å²) in [6.07, 6.45) is 0.650. The summed E-state index contributed by atoms with van der Waals surface area (Å²) in [6.45, 7) is 0. The van der Waals surface area contributed by atoms with E-state index < -0.39 is 0 Å². The van der Waals surface area contributed by atoms with Crippen LogP contribution in [0.2, 0.25) is 5.02 Å². The minimum atomic E-state index is -0.268. The highest BCUT2D eigenvalue weighted by Gasteiger charge is 2.32. The Hall–Kier alpha value is -3.05. The highest BCUT2D eigenvalue weighted by molar-refractivity contribution is 6.30. The Morgan fingerprint density at radius 2 is 1.69 bits per heavy atom. The summed E-state index contributed by atoms with van der Waals surface area (Å²) in [5.41, 5.74) is 3.67. The Morgan fingerprint density at radius 3 is 2.34 bits per heavy atom. The van der Waals surface area contributed by atoms with Gasteiger partial charge >= 0.3 is 0 Å². The Bertz CT molecular complexity index is 1040. The molecule has 4 nitrogen and oxygen atoms in total. The van der Waals surface area contributed by atoms with Crippen molar-refractivity contribution in [2.75, 3.05) is 19.2 Å². The Balaban J connectivity index is 1.77. The topological polar surface area (TPSA) is 34.1 Å². The van der Waals surface area contributed by atoms with Crippen LogP contribution >= 0.6 is 11.6 Å². The molecular weight excluding hydrogens is 391 g/mol. The first kappa shape index (κ1) is 19.3. The normalized spacial score (nSPS) is 15.9.